The van der Waals surface area contributed by atoms with Crippen molar-refractivity contribution in [1.82, 2.24) is 4.57 Å². The van der Waals surface area contributed by atoms with Gasteiger partial charge in [0.25, 0.3) is 0 Å². The number of hydrogen-bond acceptors (Lipinski definition) is 4. The van der Waals surface area contributed by atoms with Crippen molar-refractivity contribution < 1.29 is 0 Å². The highest BCUT2D eigenvalue weighted by atomic mass is 32.1. The number of anilines is 1. The molecule has 0 bridgehead atoms. The molecule has 0 spiro atoms. The van der Waals surface area contributed by atoms with Gasteiger partial charge < -0.3 is 5.32 Å². The smallest absolute Gasteiger partial charge is 0.209 e. The van der Waals surface area contributed by atoms with Crippen molar-refractivity contribution in [3.05, 3.63) is 163 Å². The van der Waals surface area contributed by atoms with Crippen molar-refractivity contribution in [3.8, 4) is 11.1 Å². The van der Waals surface area contributed by atoms with Crippen molar-refractivity contribution >= 4 is 96.2 Å². The molecule has 1 unspecified atom stereocenters. The van der Waals surface area contributed by atoms with E-state index in [-0.39, 0.29) is 0 Å². The summed E-state index contributed by atoms with van der Waals surface area (Å²) in [6, 6.07) is 55.1. The minimum absolute atomic E-state index is 0.802. The van der Waals surface area contributed by atoms with Crippen LogP contribution in [-0.4, -0.2) is 10.3 Å². The molecule has 0 fully saturated rings. The fraction of sp³-hybridized carbons (Fsp3) is 0.0444. The lowest BCUT2D eigenvalue weighted by atomic mass is 9.95. The van der Waals surface area contributed by atoms with Gasteiger partial charge in [-0.2, -0.15) is 0 Å². The van der Waals surface area contributed by atoms with Gasteiger partial charge in [-0.15, -0.1) is 22.7 Å². The molecule has 1 aliphatic heterocycles. The van der Waals surface area contributed by atoms with E-state index in [1.54, 1.807) is 0 Å². The Bertz CT molecular complexity index is 3030. The van der Waals surface area contributed by atoms with Crippen molar-refractivity contribution in [2.75, 3.05) is 5.32 Å². The van der Waals surface area contributed by atoms with E-state index >= 15 is 0 Å². The molecule has 10 aromatic rings. The summed E-state index contributed by atoms with van der Waals surface area (Å²) in [6.45, 7) is 2.22. The van der Waals surface area contributed by atoms with Gasteiger partial charge in [0.05, 0.1) is 16.7 Å². The molecule has 3 nitrogen and oxygen atoms in total. The van der Waals surface area contributed by atoms with Gasteiger partial charge in [0.15, 0.2) is 0 Å². The Morgan fingerprint density at radius 2 is 1.18 bits per heavy atom. The topological polar surface area (TPSA) is 29.3 Å². The van der Waals surface area contributed by atoms with Crippen LogP contribution in [0.3, 0.4) is 0 Å². The van der Waals surface area contributed by atoms with Crippen LogP contribution in [0.2, 0.25) is 0 Å². The number of nitrogens with zero attached hydrogens (tertiary/aromatic N) is 2. The average Bonchev–Trinajstić information content (AvgIpc) is 3.84. The molecule has 236 valence electrons. The van der Waals surface area contributed by atoms with Crippen LogP contribution >= 0.6 is 22.7 Å². The van der Waals surface area contributed by atoms with Gasteiger partial charge in [-0.3, -0.25) is 4.57 Å². The maximum atomic E-state index is 5.69. The van der Waals surface area contributed by atoms with Crippen LogP contribution in [0.1, 0.15) is 18.1 Å². The second-order valence-corrected chi connectivity index (χ2v) is 15.4. The summed E-state index contributed by atoms with van der Waals surface area (Å²) in [5.41, 5.74) is 9.13. The van der Waals surface area contributed by atoms with Gasteiger partial charge in [-0.25, -0.2) is 4.99 Å². The highest BCUT2D eigenvalue weighted by molar-refractivity contribution is 7.26. The second-order valence-electron chi connectivity index (χ2n) is 13.3. The third-order valence-electron chi connectivity index (χ3n) is 10.4. The van der Waals surface area contributed by atoms with Crippen LogP contribution in [0.5, 0.6) is 0 Å². The molecule has 1 atom stereocenters. The number of fused-ring (bicyclic) bond motifs is 11. The molecule has 1 aliphatic rings. The summed E-state index contributed by atoms with van der Waals surface area (Å²) < 4.78 is 7.69. The number of nitrogens with one attached hydrogen (secondary N) is 1. The van der Waals surface area contributed by atoms with Crippen molar-refractivity contribution in [1.29, 1.82) is 0 Å². The fourth-order valence-corrected chi connectivity index (χ4v) is 10.5. The van der Waals surface area contributed by atoms with E-state index in [9.17, 15) is 0 Å². The zero-order valence-electron chi connectivity index (χ0n) is 27.1. The molecule has 0 saturated carbocycles. The number of rotatable bonds is 3. The van der Waals surface area contributed by atoms with Gasteiger partial charge in [0.2, 0.25) is 5.79 Å². The van der Waals surface area contributed by atoms with Gasteiger partial charge >= 0.3 is 0 Å². The number of aromatic nitrogens is 1. The Balaban J connectivity index is 1.13. The highest BCUT2D eigenvalue weighted by Gasteiger charge is 2.36. The van der Waals surface area contributed by atoms with E-state index in [1.807, 2.05) is 22.7 Å². The minimum Gasteiger partial charge on any atom is -0.344 e. The number of hydrogen-bond donors (Lipinski definition) is 1. The monoisotopic (exact) mass is 675 g/mol. The fourth-order valence-electron chi connectivity index (χ4n) is 8.19. The number of thiophene rings is 2. The standard InChI is InChI=1S/C45H29N3S2/c1-45(48-37-18-7-3-11-30(37)32-25-26-40-41(43(32)48)35-14-5-9-20-39(35)49-40)46-36-17-6-2-13-34(36)42(47-45)28-23-21-27(22-24-28)29-15-10-16-33-31-12-4-8-19-38(31)50-44(29)33/h2-26,46H,1H3. The lowest BCUT2D eigenvalue weighted by molar-refractivity contribution is 0.414. The Morgan fingerprint density at radius 1 is 0.520 bits per heavy atom. The quantitative estimate of drug-likeness (QED) is 0.198. The van der Waals surface area contributed by atoms with E-state index in [0.29, 0.717) is 0 Å². The molecule has 5 heteroatoms. The summed E-state index contributed by atoms with van der Waals surface area (Å²) >= 11 is 3.73. The summed E-state index contributed by atoms with van der Waals surface area (Å²) in [5.74, 6) is -0.802. The van der Waals surface area contributed by atoms with Crippen LogP contribution in [0.4, 0.5) is 5.69 Å². The molecule has 0 amide bonds. The molecular formula is C45H29N3S2. The van der Waals surface area contributed by atoms with Gasteiger partial charge in [0, 0.05) is 67.9 Å². The molecule has 1 N–H and O–H groups in total. The molecule has 7 aromatic carbocycles. The zero-order chi connectivity index (χ0) is 33.0. The predicted octanol–water partition coefficient (Wildman–Crippen LogP) is 12.8. The molecular weight excluding hydrogens is 647 g/mol. The summed E-state index contributed by atoms with van der Waals surface area (Å²) in [6.07, 6.45) is 0. The zero-order valence-corrected chi connectivity index (χ0v) is 28.8. The van der Waals surface area contributed by atoms with Gasteiger partial charge in [0.1, 0.15) is 0 Å². The Labute approximate surface area is 296 Å². The summed E-state index contributed by atoms with van der Waals surface area (Å²) in [7, 11) is 0. The first kappa shape index (κ1) is 28.1. The first-order chi connectivity index (χ1) is 24.6. The van der Waals surface area contributed by atoms with E-state index in [1.165, 1.54) is 67.8 Å². The van der Waals surface area contributed by atoms with Crippen LogP contribution in [0.15, 0.2) is 157 Å². The SMILES string of the molecule is CC1(n2c3ccccc3c3ccc4sc5ccccc5c4c32)N=C(c2ccc(-c3cccc4c3sc3ccccc34)cc2)c2ccccc2N1. The maximum Gasteiger partial charge on any atom is 0.209 e. The molecule has 0 radical (unpaired) electrons. The van der Waals surface area contributed by atoms with E-state index in [4.69, 9.17) is 4.99 Å². The molecule has 0 saturated heterocycles. The number of aliphatic imine (C=N–C) groups is 1. The first-order valence-electron chi connectivity index (χ1n) is 17.0. The Morgan fingerprint density at radius 3 is 2.04 bits per heavy atom. The van der Waals surface area contributed by atoms with Crippen LogP contribution in [0, 0.1) is 0 Å². The Hall–Kier alpha value is -5.75. The highest BCUT2D eigenvalue weighted by Crippen LogP contribution is 2.46. The van der Waals surface area contributed by atoms with Crippen LogP contribution in [-0.2, 0) is 5.79 Å². The average molecular weight is 676 g/mol. The van der Waals surface area contributed by atoms with Crippen LogP contribution < -0.4 is 5.32 Å². The Kier molecular flexibility index (Phi) is 5.84. The molecule has 0 aliphatic carbocycles. The third kappa shape index (κ3) is 3.93. The molecule has 3 aromatic heterocycles. The summed E-state index contributed by atoms with van der Waals surface area (Å²) in [5, 5.41) is 11.6. The van der Waals surface area contributed by atoms with E-state index < -0.39 is 5.79 Å². The van der Waals surface area contributed by atoms with Gasteiger partial charge in [-0.05, 0) is 48.4 Å². The number of para-hydroxylation sites is 2. The van der Waals surface area contributed by atoms with Crippen LogP contribution in [0.25, 0.3) is 73.3 Å². The summed E-state index contributed by atoms with van der Waals surface area (Å²) in [4.78, 5) is 5.69. The lowest BCUT2D eigenvalue weighted by Crippen LogP contribution is -2.41. The number of benzene rings is 7. The molecule has 50 heavy (non-hydrogen) atoms. The first-order valence-corrected chi connectivity index (χ1v) is 18.6. The van der Waals surface area contributed by atoms with Crippen molar-refractivity contribution in [3.63, 3.8) is 0 Å². The van der Waals surface area contributed by atoms with Crippen molar-refractivity contribution in [2.45, 2.75) is 12.7 Å². The minimum atomic E-state index is -0.802. The molecule has 4 heterocycles. The lowest BCUT2D eigenvalue weighted by Gasteiger charge is -2.37. The third-order valence-corrected chi connectivity index (χ3v) is 12.7. The normalized spacial score (nSPS) is 16.1. The maximum absolute atomic E-state index is 5.69. The van der Waals surface area contributed by atoms with E-state index in [2.05, 4.69) is 168 Å². The second kappa shape index (κ2) is 10.4. The van der Waals surface area contributed by atoms with Crippen molar-refractivity contribution in [2.24, 2.45) is 4.99 Å². The largest absolute Gasteiger partial charge is 0.344 e. The van der Waals surface area contributed by atoms with Gasteiger partial charge in [-0.1, -0.05) is 121 Å². The predicted molar refractivity (Wildman–Crippen MR) is 216 cm³/mol. The van der Waals surface area contributed by atoms with E-state index in [0.717, 1.165) is 28.0 Å². The molecule has 11 rings (SSSR count).